The van der Waals surface area contributed by atoms with Crippen molar-refractivity contribution in [3.8, 4) is 0 Å². The molecule has 0 aliphatic rings. The highest BCUT2D eigenvalue weighted by molar-refractivity contribution is 6.04. The zero-order chi connectivity index (χ0) is 18.9. The van der Waals surface area contributed by atoms with Crippen LogP contribution in [-0.4, -0.2) is 21.6 Å². The van der Waals surface area contributed by atoms with Crippen molar-refractivity contribution in [1.82, 2.24) is 15.1 Å². The number of amidine groups is 1. The molecule has 2 aromatic rings. The van der Waals surface area contributed by atoms with Crippen molar-refractivity contribution in [2.45, 2.75) is 27.2 Å². The van der Waals surface area contributed by atoms with Crippen LogP contribution in [0.4, 0.5) is 0 Å². The van der Waals surface area contributed by atoms with Gasteiger partial charge in [-0.1, -0.05) is 37.3 Å². The Morgan fingerprint density at radius 3 is 2.50 bits per heavy atom. The van der Waals surface area contributed by atoms with Crippen molar-refractivity contribution >= 4 is 23.4 Å². The van der Waals surface area contributed by atoms with Crippen molar-refractivity contribution in [2.24, 2.45) is 21.7 Å². The Morgan fingerprint density at radius 1 is 1.27 bits per heavy atom. The molecule has 7 nitrogen and oxygen atoms in total. The predicted molar refractivity (Wildman–Crippen MR) is 108 cm³/mol. The molecule has 0 amide bonds. The molecule has 26 heavy (non-hydrogen) atoms. The lowest BCUT2D eigenvalue weighted by Gasteiger charge is -2.09. The zero-order valence-electron chi connectivity index (χ0n) is 15.3. The standard InChI is InChI=1S/C19H25N7/c1-4-14(3)18(23-12-17(5-2)26-11-10-22-13-26)15-6-8-16(9-7-15)19(20)24-25-21/h5-13,25H,4,21H2,1-3H3,(H2,20,24)/b17-5+,18-14?,23-12?. The minimum atomic E-state index is 0.330. The number of rotatable bonds is 7. The van der Waals surface area contributed by atoms with Gasteiger partial charge < -0.3 is 10.3 Å². The Bertz CT molecular complexity index is 825. The first-order valence-corrected chi connectivity index (χ1v) is 8.38. The molecular weight excluding hydrogens is 326 g/mol. The van der Waals surface area contributed by atoms with Crippen LogP contribution >= 0.6 is 0 Å². The molecule has 2 rings (SSSR count). The van der Waals surface area contributed by atoms with E-state index in [9.17, 15) is 0 Å². The topological polar surface area (TPSA) is 107 Å². The first-order chi connectivity index (χ1) is 12.6. The van der Waals surface area contributed by atoms with Crippen LogP contribution in [0, 0.1) is 0 Å². The summed E-state index contributed by atoms with van der Waals surface area (Å²) in [4.78, 5) is 8.83. The minimum absolute atomic E-state index is 0.330. The SMILES string of the molecule is C/C=C(\C=NC(=C(C)CC)c1ccc(/C(N)=N/NN)cc1)n1ccnc1. The Morgan fingerprint density at radius 2 is 1.96 bits per heavy atom. The molecule has 5 N–H and O–H groups in total. The van der Waals surface area contributed by atoms with Crippen molar-refractivity contribution in [3.63, 3.8) is 0 Å². The number of allylic oxidation sites excluding steroid dienone is 3. The third-order valence-corrected chi connectivity index (χ3v) is 4.00. The predicted octanol–water partition coefficient (Wildman–Crippen LogP) is 2.74. The van der Waals surface area contributed by atoms with Gasteiger partial charge in [0.05, 0.1) is 23.9 Å². The highest BCUT2D eigenvalue weighted by Gasteiger charge is 2.06. The van der Waals surface area contributed by atoms with Gasteiger partial charge >= 0.3 is 0 Å². The van der Waals surface area contributed by atoms with Crippen LogP contribution in [0.2, 0.25) is 0 Å². The molecule has 0 bridgehead atoms. The summed E-state index contributed by atoms with van der Waals surface area (Å²) in [7, 11) is 0. The van der Waals surface area contributed by atoms with E-state index >= 15 is 0 Å². The Kier molecular flexibility index (Phi) is 6.87. The van der Waals surface area contributed by atoms with Crippen molar-refractivity contribution < 1.29 is 0 Å². The summed E-state index contributed by atoms with van der Waals surface area (Å²) in [6.45, 7) is 6.17. The van der Waals surface area contributed by atoms with E-state index in [-0.39, 0.29) is 0 Å². The van der Waals surface area contributed by atoms with Crippen LogP contribution in [-0.2, 0) is 0 Å². The van der Waals surface area contributed by atoms with Crippen molar-refractivity contribution in [2.75, 3.05) is 0 Å². The van der Waals surface area contributed by atoms with E-state index in [1.54, 1.807) is 12.5 Å². The number of nitrogens with zero attached hydrogens (tertiary/aromatic N) is 4. The molecule has 0 atom stereocenters. The number of aliphatic imine (C=N–C) groups is 1. The molecule has 1 aromatic carbocycles. The highest BCUT2D eigenvalue weighted by Crippen LogP contribution is 2.23. The molecule has 0 aliphatic heterocycles. The van der Waals surface area contributed by atoms with E-state index in [0.717, 1.165) is 28.9 Å². The number of nitrogens with one attached hydrogen (secondary N) is 1. The van der Waals surface area contributed by atoms with Gasteiger partial charge in [0.2, 0.25) is 0 Å². The maximum absolute atomic E-state index is 5.84. The molecule has 0 fully saturated rings. The third-order valence-electron chi connectivity index (χ3n) is 4.00. The lowest BCUT2D eigenvalue weighted by Crippen LogP contribution is -2.22. The fourth-order valence-corrected chi connectivity index (χ4v) is 2.36. The number of hydrazine groups is 1. The number of aromatic nitrogens is 2. The lowest BCUT2D eigenvalue weighted by molar-refractivity contribution is 0.804. The smallest absolute Gasteiger partial charge is 0.152 e. The maximum atomic E-state index is 5.84. The second-order valence-electron chi connectivity index (χ2n) is 5.63. The van der Waals surface area contributed by atoms with Gasteiger partial charge in [-0.3, -0.25) is 4.99 Å². The Labute approximate surface area is 153 Å². The summed E-state index contributed by atoms with van der Waals surface area (Å²) < 4.78 is 1.92. The van der Waals surface area contributed by atoms with Crippen molar-refractivity contribution in [3.05, 3.63) is 65.8 Å². The number of hydrogen-bond acceptors (Lipinski definition) is 5. The Hall–Kier alpha value is -3.19. The summed E-state index contributed by atoms with van der Waals surface area (Å²) in [5.41, 5.74) is 12.9. The molecule has 0 unspecified atom stereocenters. The molecular formula is C19H25N7. The van der Waals surface area contributed by atoms with Gasteiger partial charge in [-0.25, -0.2) is 16.4 Å². The quantitative estimate of drug-likeness (QED) is 0.308. The summed E-state index contributed by atoms with van der Waals surface area (Å²) in [5, 5.41) is 3.78. The lowest BCUT2D eigenvalue weighted by atomic mass is 10.0. The fourth-order valence-electron chi connectivity index (χ4n) is 2.36. The highest BCUT2D eigenvalue weighted by atomic mass is 15.5. The van der Waals surface area contributed by atoms with E-state index in [1.807, 2.05) is 54.2 Å². The van der Waals surface area contributed by atoms with Crippen LogP contribution in [0.5, 0.6) is 0 Å². The second-order valence-corrected chi connectivity index (χ2v) is 5.63. The van der Waals surface area contributed by atoms with E-state index in [4.69, 9.17) is 16.6 Å². The van der Waals surface area contributed by atoms with Crippen LogP contribution in [0.25, 0.3) is 11.4 Å². The van der Waals surface area contributed by atoms with Gasteiger partial charge in [-0.15, -0.1) is 5.10 Å². The summed E-state index contributed by atoms with van der Waals surface area (Å²) >= 11 is 0. The van der Waals surface area contributed by atoms with Crippen molar-refractivity contribution in [1.29, 1.82) is 0 Å². The zero-order valence-corrected chi connectivity index (χ0v) is 15.3. The number of hydrazone groups is 1. The Balaban J connectivity index is 2.34. The van der Waals surface area contributed by atoms with Crippen LogP contribution in [0.1, 0.15) is 38.3 Å². The van der Waals surface area contributed by atoms with E-state index in [0.29, 0.717) is 5.84 Å². The number of nitrogens with two attached hydrogens (primary N) is 2. The van der Waals surface area contributed by atoms with E-state index in [2.05, 4.69) is 29.5 Å². The molecule has 136 valence electrons. The molecule has 0 aliphatic carbocycles. The fraction of sp³-hybridized carbons (Fsp3) is 0.211. The normalized spacial score (nSPS) is 13.8. The van der Waals surface area contributed by atoms with E-state index in [1.165, 1.54) is 5.57 Å². The van der Waals surface area contributed by atoms with Gasteiger partial charge in [0.1, 0.15) is 0 Å². The first-order valence-electron chi connectivity index (χ1n) is 8.38. The van der Waals surface area contributed by atoms with Crippen LogP contribution < -0.4 is 17.1 Å². The van der Waals surface area contributed by atoms with Gasteiger partial charge in [0.25, 0.3) is 0 Å². The average molecular weight is 351 g/mol. The summed E-state index contributed by atoms with van der Waals surface area (Å²) in [6, 6.07) is 7.76. The molecule has 0 saturated carbocycles. The molecule has 0 radical (unpaired) electrons. The van der Waals surface area contributed by atoms with Gasteiger partial charge in [0.15, 0.2) is 5.84 Å². The number of imidazole rings is 1. The molecule has 1 aromatic heterocycles. The minimum Gasteiger partial charge on any atom is -0.382 e. The molecule has 1 heterocycles. The number of benzene rings is 1. The summed E-state index contributed by atoms with van der Waals surface area (Å²) in [5.74, 6) is 5.50. The van der Waals surface area contributed by atoms with Gasteiger partial charge in [-0.2, -0.15) is 0 Å². The van der Waals surface area contributed by atoms with Gasteiger partial charge in [0, 0.05) is 23.5 Å². The monoisotopic (exact) mass is 351 g/mol. The van der Waals surface area contributed by atoms with Crippen LogP contribution in [0.15, 0.2) is 64.7 Å². The first kappa shape index (κ1) is 19.1. The van der Waals surface area contributed by atoms with Crippen LogP contribution in [0.3, 0.4) is 0 Å². The summed E-state index contributed by atoms with van der Waals surface area (Å²) in [6.07, 6.45) is 10.1. The molecule has 7 heteroatoms. The van der Waals surface area contributed by atoms with Gasteiger partial charge in [-0.05, 0) is 25.8 Å². The second kappa shape index (κ2) is 9.33. The molecule has 0 saturated heterocycles. The third kappa shape index (κ3) is 4.67. The largest absolute Gasteiger partial charge is 0.382 e. The molecule has 0 spiro atoms. The maximum Gasteiger partial charge on any atom is 0.152 e. The average Bonchev–Trinajstić information content (AvgIpc) is 3.20. The number of hydrogen-bond donors (Lipinski definition) is 3. The van der Waals surface area contributed by atoms with E-state index < -0.39 is 0 Å².